The van der Waals surface area contributed by atoms with Crippen LogP contribution in [0.1, 0.15) is 39.5 Å². The third kappa shape index (κ3) is 3.56. The lowest BCUT2D eigenvalue weighted by molar-refractivity contribution is -0.312. The van der Waals surface area contributed by atoms with E-state index in [4.69, 9.17) is 18.9 Å². The fraction of sp³-hybridized carbons (Fsp3) is 0.417. The topological polar surface area (TPSA) is 74.3 Å². The fourth-order valence-electron chi connectivity index (χ4n) is 4.66. The Hall–Kier alpha value is -2.23. The lowest BCUT2D eigenvalue weighted by atomic mass is 9.95. The van der Waals surface area contributed by atoms with Crippen LogP contribution in [0, 0.1) is 0 Å². The van der Waals surface area contributed by atoms with Crippen molar-refractivity contribution in [1.29, 1.82) is 0 Å². The van der Waals surface area contributed by atoms with Crippen molar-refractivity contribution in [3.8, 4) is 0 Å². The summed E-state index contributed by atoms with van der Waals surface area (Å²) in [6.07, 6.45) is -2.00. The molecule has 0 aromatic heterocycles. The maximum absolute atomic E-state index is 13.3. The van der Waals surface area contributed by atoms with Gasteiger partial charge < -0.3 is 18.9 Å². The molecule has 3 aliphatic rings. The molecule has 0 aliphatic carbocycles. The molecule has 8 heteroatoms. The molecule has 2 fully saturated rings. The van der Waals surface area contributed by atoms with Gasteiger partial charge in [-0.25, -0.2) is 0 Å². The van der Waals surface area contributed by atoms with E-state index in [1.807, 2.05) is 37.3 Å². The number of hydrogen-bond acceptors (Lipinski definition) is 7. The highest BCUT2D eigenvalue weighted by Crippen LogP contribution is 2.41. The first-order valence-corrected chi connectivity index (χ1v) is 11.8. The zero-order valence-electron chi connectivity index (χ0n) is 17.9. The summed E-state index contributed by atoms with van der Waals surface area (Å²) < 4.78 is 24.5. The zero-order chi connectivity index (χ0) is 22.2. The van der Waals surface area contributed by atoms with Gasteiger partial charge in [0.1, 0.15) is 29.8 Å². The van der Waals surface area contributed by atoms with Crippen LogP contribution in [-0.2, 0) is 18.9 Å². The second-order valence-corrected chi connectivity index (χ2v) is 9.27. The van der Waals surface area contributed by atoms with E-state index in [2.05, 4.69) is 0 Å². The Morgan fingerprint density at radius 1 is 1.00 bits per heavy atom. The third-order valence-corrected chi connectivity index (χ3v) is 7.16. The normalized spacial score (nSPS) is 32.0. The summed E-state index contributed by atoms with van der Waals surface area (Å²) in [7, 11) is 1.59. The summed E-state index contributed by atoms with van der Waals surface area (Å²) in [5, 5.41) is 0. The average Bonchev–Trinajstić information content (AvgIpc) is 3.08. The predicted molar refractivity (Wildman–Crippen MR) is 118 cm³/mol. The van der Waals surface area contributed by atoms with E-state index in [1.54, 1.807) is 43.1 Å². The first kappa shape index (κ1) is 21.6. The largest absolute Gasteiger partial charge is 0.376 e. The van der Waals surface area contributed by atoms with Gasteiger partial charge in [-0.2, -0.15) is 0 Å². The van der Waals surface area contributed by atoms with Gasteiger partial charge >= 0.3 is 0 Å². The summed E-state index contributed by atoms with van der Waals surface area (Å²) in [6, 6.07) is 15.9. The van der Waals surface area contributed by atoms with Crippen LogP contribution in [0.25, 0.3) is 0 Å². The molecule has 0 spiro atoms. The Morgan fingerprint density at radius 2 is 1.66 bits per heavy atom. The number of rotatable bonds is 5. The first-order valence-electron chi connectivity index (χ1n) is 10.7. The number of imide groups is 1. The van der Waals surface area contributed by atoms with E-state index in [9.17, 15) is 9.59 Å². The van der Waals surface area contributed by atoms with Crippen LogP contribution < -0.4 is 0 Å². The van der Waals surface area contributed by atoms with Crippen LogP contribution in [-0.4, -0.2) is 66.0 Å². The van der Waals surface area contributed by atoms with Gasteiger partial charge in [0.2, 0.25) is 0 Å². The summed E-state index contributed by atoms with van der Waals surface area (Å²) in [5.41, 5.74) is 1.26. The molecule has 6 atom stereocenters. The van der Waals surface area contributed by atoms with Crippen molar-refractivity contribution < 1.29 is 28.5 Å². The molecule has 2 aromatic rings. The summed E-state index contributed by atoms with van der Waals surface area (Å²) in [5.74, 6) is 0.105. The monoisotopic (exact) mass is 455 g/mol. The molecule has 0 saturated carbocycles. The lowest BCUT2D eigenvalue weighted by Crippen LogP contribution is -2.66. The number of carbonyl (C=O) groups is 2. The Bertz CT molecular complexity index is 966. The highest BCUT2D eigenvalue weighted by molar-refractivity contribution is 7.99. The van der Waals surface area contributed by atoms with Crippen LogP contribution >= 0.6 is 11.8 Å². The molecule has 2 aromatic carbocycles. The third-order valence-electron chi connectivity index (χ3n) is 6.11. The van der Waals surface area contributed by atoms with Crippen molar-refractivity contribution in [3.05, 3.63) is 71.3 Å². The number of methoxy groups -OCH3 is 1. The number of hydrogen-bond donors (Lipinski definition) is 0. The van der Waals surface area contributed by atoms with E-state index >= 15 is 0 Å². The van der Waals surface area contributed by atoms with Gasteiger partial charge in [-0.3, -0.25) is 14.5 Å². The molecule has 32 heavy (non-hydrogen) atoms. The summed E-state index contributed by atoms with van der Waals surface area (Å²) in [4.78, 5) is 27.9. The van der Waals surface area contributed by atoms with Gasteiger partial charge in [-0.05, 0) is 17.9 Å². The van der Waals surface area contributed by atoms with Crippen molar-refractivity contribution in [1.82, 2.24) is 4.90 Å². The second kappa shape index (κ2) is 8.96. The molecule has 0 N–H and O–H groups in total. The van der Waals surface area contributed by atoms with Gasteiger partial charge in [-0.1, -0.05) is 49.4 Å². The first-order chi connectivity index (χ1) is 15.6. The van der Waals surface area contributed by atoms with Gasteiger partial charge in [0, 0.05) is 12.7 Å². The standard InChI is InChI=1S/C24H25NO6S/c1-3-32-24-18(25-21(26)15-11-7-8-12-16(15)22(25)27)20(28-2)19-17(30-24)13-29-23(31-19)14-9-5-4-6-10-14/h4-12,17-20,23-24H,3,13H2,1-2H3/t17?,18-,19+,20+,23?,24?/m0/s1. The smallest absolute Gasteiger partial charge is 0.262 e. The molecule has 5 rings (SSSR count). The minimum atomic E-state index is -0.631. The van der Waals surface area contributed by atoms with Crippen LogP contribution in [0.4, 0.5) is 0 Å². The summed E-state index contributed by atoms with van der Waals surface area (Å²) in [6.45, 7) is 2.35. The van der Waals surface area contributed by atoms with Crippen LogP contribution in [0.15, 0.2) is 54.6 Å². The Labute approximate surface area is 191 Å². The number of benzene rings is 2. The van der Waals surface area contributed by atoms with Crippen molar-refractivity contribution in [2.24, 2.45) is 0 Å². The van der Waals surface area contributed by atoms with E-state index < -0.39 is 30.0 Å². The van der Waals surface area contributed by atoms with Crippen molar-refractivity contribution in [2.75, 3.05) is 19.5 Å². The molecule has 2 amide bonds. The number of thioether (sulfide) groups is 1. The van der Waals surface area contributed by atoms with Crippen molar-refractivity contribution in [2.45, 2.75) is 43.0 Å². The van der Waals surface area contributed by atoms with Crippen molar-refractivity contribution >= 4 is 23.6 Å². The Balaban J connectivity index is 1.48. The van der Waals surface area contributed by atoms with Gasteiger partial charge in [0.05, 0.1) is 17.7 Å². The highest BCUT2D eigenvalue weighted by atomic mass is 32.2. The molecule has 3 aliphatic heterocycles. The average molecular weight is 456 g/mol. The Morgan fingerprint density at radius 3 is 2.28 bits per heavy atom. The van der Waals surface area contributed by atoms with Crippen LogP contribution in [0.2, 0.25) is 0 Å². The molecule has 7 nitrogen and oxygen atoms in total. The maximum Gasteiger partial charge on any atom is 0.262 e. The molecular formula is C24H25NO6S. The number of carbonyl (C=O) groups excluding carboxylic acids is 2. The highest BCUT2D eigenvalue weighted by Gasteiger charge is 2.56. The molecule has 3 unspecified atom stereocenters. The minimum absolute atomic E-state index is 0.326. The Kier molecular flexibility index (Phi) is 6.05. The van der Waals surface area contributed by atoms with Gasteiger partial charge in [0.15, 0.2) is 6.29 Å². The van der Waals surface area contributed by atoms with E-state index in [0.29, 0.717) is 17.7 Å². The van der Waals surface area contributed by atoms with Gasteiger partial charge in [-0.15, -0.1) is 11.8 Å². The number of ether oxygens (including phenoxy) is 4. The van der Waals surface area contributed by atoms with E-state index in [-0.39, 0.29) is 17.9 Å². The quantitative estimate of drug-likeness (QED) is 0.641. The molecule has 3 heterocycles. The lowest BCUT2D eigenvalue weighted by Gasteiger charge is -2.50. The zero-order valence-corrected chi connectivity index (χ0v) is 18.7. The van der Waals surface area contributed by atoms with Gasteiger partial charge in [0.25, 0.3) is 11.8 Å². The summed E-state index contributed by atoms with van der Waals surface area (Å²) >= 11 is 1.54. The van der Waals surface area contributed by atoms with Crippen LogP contribution in [0.5, 0.6) is 0 Å². The van der Waals surface area contributed by atoms with Crippen LogP contribution in [0.3, 0.4) is 0 Å². The second-order valence-electron chi connectivity index (χ2n) is 7.89. The molecule has 0 bridgehead atoms. The number of nitrogens with zero attached hydrogens (tertiary/aromatic N) is 1. The van der Waals surface area contributed by atoms with E-state index in [0.717, 1.165) is 11.3 Å². The minimum Gasteiger partial charge on any atom is -0.376 e. The predicted octanol–water partition coefficient (Wildman–Crippen LogP) is 3.26. The molecular weight excluding hydrogens is 430 g/mol. The fourth-order valence-corrected chi connectivity index (χ4v) is 5.69. The molecule has 168 valence electrons. The van der Waals surface area contributed by atoms with Crippen molar-refractivity contribution in [3.63, 3.8) is 0 Å². The molecule has 0 radical (unpaired) electrons. The van der Waals surface area contributed by atoms with E-state index in [1.165, 1.54) is 4.90 Å². The maximum atomic E-state index is 13.3. The number of fused-ring (bicyclic) bond motifs is 2. The number of amides is 2. The SMILES string of the molecule is CCSC1OC2COC(c3ccccc3)O[C@H]2[C@H](OC)[C@@H]1N1C(=O)c2ccccc2C1=O. The molecule has 2 saturated heterocycles.